The predicted octanol–water partition coefficient (Wildman–Crippen LogP) is 2.96. The summed E-state index contributed by atoms with van der Waals surface area (Å²) in [5.74, 6) is -0.218. The highest BCUT2D eigenvalue weighted by molar-refractivity contribution is 7.13. The number of amidine groups is 1. The van der Waals surface area contributed by atoms with Gasteiger partial charge in [-0.1, -0.05) is 43.3 Å². The summed E-state index contributed by atoms with van der Waals surface area (Å²) in [7, 11) is 0. The first-order valence-corrected chi connectivity index (χ1v) is 13.2. The zero-order chi connectivity index (χ0) is 26.5. The summed E-state index contributed by atoms with van der Waals surface area (Å²) in [6, 6.07) is 7.17. The van der Waals surface area contributed by atoms with Gasteiger partial charge in [-0.25, -0.2) is 9.98 Å². The molecule has 1 fully saturated rings. The monoisotopic (exact) mass is 522 g/mol. The lowest BCUT2D eigenvalue weighted by Crippen LogP contribution is -2.48. The van der Waals surface area contributed by atoms with E-state index in [4.69, 9.17) is 9.52 Å². The van der Waals surface area contributed by atoms with Gasteiger partial charge in [-0.3, -0.25) is 9.59 Å². The van der Waals surface area contributed by atoms with Crippen LogP contribution >= 0.6 is 11.3 Å². The summed E-state index contributed by atoms with van der Waals surface area (Å²) in [5, 5.41) is 17.3. The van der Waals surface area contributed by atoms with Crippen molar-refractivity contribution in [3.8, 4) is 10.4 Å². The Morgan fingerprint density at radius 3 is 2.59 bits per heavy atom. The molecule has 1 saturated heterocycles. The molecule has 0 bridgehead atoms. The molecule has 2 aliphatic rings. The van der Waals surface area contributed by atoms with E-state index in [1.54, 1.807) is 30.1 Å². The second kappa shape index (κ2) is 9.46. The number of carbonyl (C=O) groups excluding carboxylic acids is 2. The third kappa shape index (κ3) is 4.46. The minimum atomic E-state index is -1.15. The Hall–Kier alpha value is -3.44. The quantitative estimate of drug-likeness (QED) is 0.508. The van der Waals surface area contributed by atoms with E-state index in [1.165, 1.54) is 0 Å². The Bertz CT molecular complexity index is 1360. The summed E-state index contributed by atoms with van der Waals surface area (Å²) in [5.41, 5.74) is 3.39. The summed E-state index contributed by atoms with van der Waals surface area (Å²) in [4.78, 5) is 43.0. The van der Waals surface area contributed by atoms with Gasteiger partial charge in [-0.2, -0.15) is 4.98 Å². The van der Waals surface area contributed by atoms with E-state index < -0.39 is 23.6 Å². The molecule has 0 radical (unpaired) electrons. The number of amides is 2. The third-order valence-corrected chi connectivity index (χ3v) is 8.08. The number of carbonyl (C=O) groups is 2. The van der Waals surface area contributed by atoms with Crippen LogP contribution in [0, 0.1) is 19.8 Å². The molecule has 4 atom stereocenters. The van der Waals surface area contributed by atoms with Crippen LogP contribution in [-0.4, -0.2) is 61.5 Å². The highest BCUT2D eigenvalue weighted by Gasteiger charge is 2.48. The molecule has 2 aromatic heterocycles. The molecule has 2 aliphatic heterocycles. The van der Waals surface area contributed by atoms with Crippen LogP contribution < -0.4 is 5.32 Å². The Kier molecular flexibility index (Phi) is 6.45. The lowest BCUT2D eigenvalue weighted by molar-refractivity contribution is -0.134. The standard InChI is InChI=1S/C26H30N6O4S/c1-13(2)20(23-28-15(4)31-36-23)24(34)32-11-18(33)10-19(32)22-29-25(35)26(5,30-22)17-8-6-16(7-9-17)21-14(3)27-12-37-21/h6-9,12-13,18-20,33H,10-11H2,1-5H3,(H,29,30,35)/t18-,19-,20?,26+/m1/s1. The van der Waals surface area contributed by atoms with Crippen molar-refractivity contribution >= 4 is 29.0 Å². The molecule has 3 aromatic rings. The number of likely N-dealkylation sites (tertiary alicyclic amines) is 1. The fourth-order valence-electron chi connectivity index (χ4n) is 5.05. The molecular weight excluding hydrogens is 492 g/mol. The third-order valence-electron chi connectivity index (χ3n) is 7.10. The van der Waals surface area contributed by atoms with Crippen LogP contribution in [0.4, 0.5) is 0 Å². The van der Waals surface area contributed by atoms with Gasteiger partial charge in [-0.15, -0.1) is 11.3 Å². The van der Waals surface area contributed by atoms with Crippen LogP contribution in [0.25, 0.3) is 10.4 Å². The normalized spacial score (nSPS) is 24.5. The van der Waals surface area contributed by atoms with Crippen LogP contribution in [0.3, 0.4) is 0 Å². The average molecular weight is 523 g/mol. The summed E-state index contributed by atoms with van der Waals surface area (Å²) < 4.78 is 5.33. The zero-order valence-corrected chi connectivity index (χ0v) is 22.2. The number of benzene rings is 1. The number of hydrogen-bond acceptors (Lipinski definition) is 9. The van der Waals surface area contributed by atoms with Crippen molar-refractivity contribution in [3.63, 3.8) is 0 Å². The number of aliphatic hydroxyl groups is 1. The highest BCUT2D eigenvalue weighted by atomic mass is 32.1. The maximum Gasteiger partial charge on any atom is 0.257 e. The molecule has 194 valence electrons. The smallest absolute Gasteiger partial charge is 0.257 e. The van der Waals surface area contributed by atoms with Gasteiger partial charge >= 0.3 is 0 Å². The highest BCUT2D eigenvalue weighted by Crippen LogP contribution is 2.36. The summed E-state index contributed by atoms with van der Waals surface area (Å²) in [6.45, 7) is 9.38. The van der Waals surface area contributed by atoms with Crippen molar-refractivity contribution in [3.05, 3.63) is 52.7 Å². The Balaban J connectivity index is 1.43. The number of nitrogens with zero attached hydrogens (tertiary/aromatic N) is 5. The average Bonchev–Trinajstić information content (AvgIpc) is 3.62. The van der Waals surface area contributed by atoms with Crippen molar-refractivity contribution in [1.29, 1.82) is 0 Å². The molecule has 11 heteroatoms. The van der Waals surface area contributed by atoms with Gasteiger partial charge < -0.3 is 19.8 Å². The van der Waals surface area contributed by atoms with Crippen LogP contribution in [0.5, 0.6) is 0 Å². The lowest BCUT2D eigenvalue weighted by Gasteiger charge is -2.28. The van der Waals surface area contributed by atoms with Crippen LogP contribution in [0.2, 0.25) is 0 Å². The van der Waals surface area contributed by atoms with Gasteiger partial charge in [0.15, 0.2) is 11.4 Å². The van der Waals surface area contributed by atoms with Crippen LogP contribution in [0.15, 0.2) is 39.3 Å². The molecule has 1 unspecified atom stereocenters. The molecule has 0 aliphatic carbocycles. The molecule has 4 heterocycles. The number of β-amino-alcohol motifs (C(OH)–C–C–N with tert-alkyl or cyclic N) is 1. The number of aromatic nitrogens is 3. The molecule has 2 N–H and O–H groups in total. The maximum atomic E-state index is 13.7. The Labute approximate surface area is 218 Å². The van der Waals surface area contributed by atoms with Crippen molar-refractivity contribution in [2.75, 3.05) is 6.54 Å². The van der Waals surface area contributed by atoms with Crippen molar-refractivity contribution in [2.45, 2.75) is 64.6 Å². The molecule has 0 spiro atoms. The lowest BCUT2D eigenvalue weighted by atomic mass is 9.91. The van der Waals surface area contributed by atoms with E-state index in [0.717, 1.165) is 21.7 Å². The van der Waals surface area contributed by atoms with E-state index >= 15 is 0 Å². The van der Waals surface area contributed by atoms with E-state index in [1.807, 2.05) is 50.5 Å². The molecule has 37 heavy (non-hydrogen) atoms. The first-order valence-electron chi connectivity index (χ1n) is 12.3. The number of hydrogen-bond donors (Lipinski definition) is 2. The number of nitrogens with one attached hydrogen (secondary N) is 1. The summed E-state index contributed by atoms with van der Waals surface area (Å²) >= 11 is 1.57. The fraction of sp³-hybridized carbons (Fsp3) is 0.462. The largest absolute Gasteiger partial charge is 0.391 e. The second-order valence-corrected chi connectivity index (χ2v) is 11.0. The number of thiazole rings is 1. The Morgan fingerprint density at radius 1 is 1.27 bits per heavy atom. The van der Waals surface area contributed by atoms with E-state index in [2.05, 4.69) is 20.4 Å². The van der Waals surface area contributed by atoms with E-state index in [9.17, 15) is 14.7 Å². The SMILES string of the molecule is Cc1noc(C(C(=O)N2C[C@H](O)C[C@@H]2C2=N[C@@](C)(c3ccc(-c4scnc4C)cc3)C(=O)N2)C(C)C)n1. The van der Waals surface area contributed by atoms with Gasteiger partial charge in [0.2, 0.25) is 11.8 Å². The predicted molar refractivity (Wildman–Crippen MR) is 138 cm³/mol. The first kappa shape index (κ1) is 25.2. The molecule has 0 saturated carbocycles. The zero-order valence-electron chi connectivity index (χ0n) is 21.4. The van der Waals surface area contributed by atoms with Crippen molar-refractivity contribution in [2.24, 2.45) is 10.9 Å². The number of aliphatic imine (C=N–C) groups is 1. The van der Waals surface area contributed by atoms with E-state index in [-0.39, 0.29) is 36.6 Å². The number of aliphatic hydroxyl groups excluding tert-OH is 1. The van der Waals surface area contributed by atoms with Crippen molar-refractivity contribution < 1.29 is 19.2 Å². The van der Waals surface area contributed by atoms with Gasteiger partial charge in [-0.05, 0) is 37.8 Å². The minimum Gasteiger partial charge on any atom is -0.391 e. The first-order chi connectivity index (χ1) is 17.6. The molecular formula is C26H30N6O4S. The Morgan fingerprint density at radius 2 is 2.00 bits per heavy atom. The topological polar surface area (TPSA) is 134 Å². The molecule has 10 nitrogen and oxygen atoms in total. The second-order valence-electron chi connectivity index (χ2n) is 10.2. The molecule has 2 amide bonds. The fourth-order valence-corrected chi connectivity index (χ4v) is 5.86. The summed E-state index contributed by atoms with van der Waals surface area (Å²) in [6.07, 6.45) is -0.461. The van der Waals surface area contributed by atoms with Crippen LogP contribution in [-0.2, 0) is 15.1 Å². The minimum absolute atomic E-state index is 0.114. The van der Waals surface area contributed by atoms with Gasteiger partial charge in [0.25, 0.3) is 5.91 Å². The van der Waals surface area contributed by atoms with E-state index in [0.29, 0.717) is 11.7 Å². The molecule has 5 rings (SSSR count). The van der Waals surface area contributed by atoms with Crippen LogP contribution in [0.1, 0.15) is 56.1 Å². The number of rotatable bonds is 6. The van der Waals surface area contributed by atoms with Gasteiger partial charge in [0, 0.05) is 13.0 Å². The number of aryl methyl sites for hydroxylation is 2. The molecule has 1 aromatic carbocycles. The maximum absolute atomic E-state index is 13.7. The van der Waals surface area contributed by atoms with Gasteiger partial charge in [0.05, 0.1) is 28.2 Å². The van der Waals surface area contributed by atoms with Gasteiger partial charge in [0.1, 0.15) is 11.8 Å². The van der Waals surface area contributed by atoms with Crippen molar-refractivity contribution in [1.82, 2.24) is 25.3 Å².